The minimum Gasteiger partial charge on any atom is -0.427 e. The van der Waals surface area contributed by atoms with E-state index < -0.39 is 0 Å². The van der Waals surface area contributed by atoms with Gasteiger partial charge in [-0.3, -0.25) is 4.79 Å². The Bertz CT molecular complexity index is 709. The maximum atomic E-state index is 11.2. The minimum atomic E-state index is -0.271. The molecule has 1 heterocycles. The quantitative estimate of drug-likeness (QED) is 0.598. The van der Waals surface area contributed by atoms with Crippen LogP contribution >= 0.6 is 0 Å². The summed E-state index contributed by atoms with van der Waals surface area (Å²) in [6.07, 6.45) is 3.01. The van der Waals surface area contributed by atoms with Crippen LogP contribution in [-0.2, 0) is 24.1 Å². The minimum absolute atomic E-state index is 0.271. The van der Waals surface area contributed by atoms with Crippen molar-refractivity contribution in [3.8, 4) is 5.75 Å². The monoisotopic (exact) mass is 309 g/mol. The topological polar surface area (TPSA) is 29.5 Å². The van der Waals surface area contributed by atoms with Crippen LogP contribution in [0.15, 0.2) is 42.5 Å². The molecular weight excluding hydrogens is 286 g/mol. The van der Waals surface area contributed by atoms with Gasteiger partial charge in [0.2, 0.25) is 0 Å². The maximum absolute atomic E-state index is 11.2. The number of hydrogen-bond donors (Lipinski definition) is 0. The van der Waals surface area contributed by atoms with Gasteiger partial charge in [0.25, 0.3) is 0 Å². The normalized spacial score (nSPS) is 15.4. The van der Waals surface area contributed by atoms with E-state index in [4.69, 9.17) is 4.74 Å². The summed E-state index contributed by atoms with van der Waals surface area (Å²) in [4.78, 5) is 13.6. The molecule has 120 valence electrons. The van der Waals surface area contributed by atoms with E-state index in [-0.39, 0.29) is 5.97 Å². The van der Waals surface area contributed by atoms with Gasteiger partial charge in [0.15, 0.2) is 0 Å². The van der Waals surface area contributed by atoms with Gasteiger partial charge in [0.05, 0.1) is 0 Å². The van der Waals surface area contributed by atoms with Crippen molar-refractivity contribution in [1.82, 2.24) is 4.90 Å². The van der Waals surface area contributed by atoms with E-state index in [9.17, 15) is 4.79 Å². The predicted octanol–water partition coefficient (Wildman–Crippen LogP) is 3.23. The molecule has 0 radical (unpaired) electrons. The number of ether oxygens (including phenoxy) is 1. The van der Waals surface area contributed by atoms with Crippen LogP contribution in [0.2, 0.25) is 0 Å². The van der Waals surface area contributed by atoms with E-state index in [1.54, 1.807) is 0 Å². The van der Waals surface area contributed by atoms with Crippen molar-refractivity contribution in [3.63, 3.8) is 0 Å². The Kier molecular flexibility index (Phi) is 4.77. The average Bonchev–Trinajstić information content (AvgIpc) is 2.53. The van der Waals surface area contributed by atoms with Gasteiger partial charge in [0.1, 0.15) is 5.75 Å². The Balaban J connectivity index is 1.97. The molecule has 2 aromatic carbocycles. The van der Waals surface area contributed by atoms with Gasteiger partial charge in [-0.2, -0.15) is 0 Å². The van der Waals surface area contributed by atoms with Crippen molar-refractivity contribution in [1.29, 1.82) is 0 Å². The summed E-state index contributed by atoms with van der Waals surface area (Å²) in [6.45, 7) is 3.52. The Morgan fingerprint density at radius 2 is 1.61 bits per heavy atom. The van der Waals surface area contributed by atoms with Crippen LogP contribution in [0, 0.1) is 0 Å². The first-order valence-corrected chi connectivity index (χ1v) is 8.17. The van der Waals surface area contributed by atoms with E-state index in [0.717, 1.165) is 32.4 Å². The third-order valence-electron chi connectivity index (χ3n) is 4.46. The van der Waals surface area contributed by atoms with Gasteiger partial charge < -0.3 is 9.64 Å². The van der Waals surface area contributed by atoms with E-state index >= 15 is 0 Å². The highest BCUT2D eigenvalue weighted by molar-refractivity contribution is 5.69. The lowest BCUT2D eigenvalue weighted by atomic mass is 9.93. The molecule has 23 heavy (non-hydrogen) atoms. The Hall–Kier alpha value is -2.13. The largest absolute Gasteiger partial charge is 0.427 e. The first kappa shape index (κ1) is 15.8. The molecule has 0 fully saturated rings. The van der Waals surface area contributed by atoms with Gasteiger partial charge in [0, 0.05) is 20.0 Å². The highest BCUT2D eigenvalue weighted by Gasteiger charge is 2.13. The van der Waals surface area contributed by atoms with Crippen molar-refractivity contribution in [2.24, 2.45) is 0 Å². The summed E-state index contributed by atoms with van der Waals surface area (Å²) in [7, 11) is 2.17. The molecule has 0 bridgehead atoms. The fraction of sp³-hybridized carbons (Fsp3) is 0.350. The smallest absolute Gasteiger partial charge is 0.308 e. The lowest BCUT2D eigenvalue weighted by molar-refractivity contribution is -0.131. The zero-order valence-electron chi connectivity index (χ0n) is 13.8. The number of likely N-dealkylation sites (N-methyl/N-ethyl adjacent to an activating group) is 1. The molecule has 0 unspecified atom stereocenters. The molecule has 2 aromatic rings. The molecule has 0 saturated carbocycles. The van der Waals surface area contributed by atoms with Crippen molar-refractivity contribution in [2.75, 3.05) is 20.1 Å². The summed E-state index contributed by atoms with van der Waals surface area (Å²) < 4.78 is 5.25. The van der Waals surface area contributed by atoms with Gasteiger partial charge >= 0.3 is 5.97 Å². The van der Waals surface area contributed by atoms with Crippen LogP contribution in [0.1, 0.15) is 29.2 Å². The van der Waals surface area contributed by atoms with E-state index in [1.807, 2.05) is 12.1 Å². The zero-order chi connectivity index (χ0) is 16.2. The SMILES string of the molecule is CC(=O)Oc1ccc2c(c1)CCN(C)CCc1ccccc1C2. The van der Waals surface area contributed by atoms with E-state index in [2.05, 4.69) is 42.3 Å². The number of esters is 1. The van der Waals surface area contributed by atoms with E-state index in [1.165, 1.54) is 29.2 Å². The number of hydrogen-bond acceptors (Lipinski definition) is 3. The van der Waals surface area contributed by atoms with Crippen LogP contribution in [0.3, 0.4) is 0 Å². The molecule has 0 spiro atoms. The van der Waals surface area contributed by atoms with Crippen LogP contribution in [-0.4, -0.2) is 31.0 Å². The molecule has 0 aromatic heterocycles. The molecule has 3 nitrogen and oxygen atoms in total. The van der Waals surface area contributed by atoms with Crippen LogP contribution in [0.4, 0.5) is 0 Å². The van der Waals surface area contributed by atoms with Crippen molar-refractivity contribution in [2.45, 2.75) is 26.2 Å². The Morgan fingerprint density at radius 1 is 0.957 bits per heavy atom. The molecule has 0 saturated heterocycles. The highest BCUT2D eigenvalue weighted by Crippen LogP contribution is 2.24. The standard InChI is InChI=1S/C20H23NO2/c1-15(22)23-20-8-7-18-13-17-6-4-3-5-16(17)9-11-21(2)12-10-19(18)14-20/h3-8,14H,9-13H2,1-2H3. The first-order chi connectivity index (χ1) is 11.1. The predicted molar refractivity (Wildman–Crippen MR) is 91.9 cm³/mol. The summed E-state index contributed by atoms with van der Waals surface area (Å²) in [5, 5.41) is 0. The van der Waals surface area contributed by atoms with Gasteiger partial charge in [-0.1, -0.05) is 30.3 Å². The van der Waals surface area contributed by atoms with Gasteiger partial charge in [-0.25, -0.2) is 0 Å². The Morgan fingerprint density at radius 3 is 2.35 bits per heavy atom. The highest BCUT2D eigenvalue weighted by atomic mass is 16.5. The fourth-order valence-electron chi connectivity index (χ4n) is 3.15. The van der Waals surface area contributed by atoms with Crippen molar-refractivity contribution in [3.05, 3.63) is 64.7 Å². The van der Waals surface area contributed by atoms with E-state index in [0.29, 0.717) is 5.75 Å². The number of nitrogens with zero attached hydrogens (tertiary/aromatic N) is 1. The molecule has 0 N–H and O–H groups in total. The molecule has 0 amide bonds. The summed E-state index contributed by atoms with van der Waals surface area (Å²) >= 11 is 0. The van der Waals surface area contributed by atoms with Gasteiger partial charge in [-0.05, 0) is 60.7 Å². The van der Waals surface area contributed by atoms with Crippen LogP contribution in [0.25, 0.3) is 0 Å². The van der Waals surface area contributed by atoms with Crippen molar-refractivity contribution < 1.29 is 9.53 Å². The number of carbonyl (C=O) groups is 1. The lowest BCUT2D eigenvalue weighted by Crippen LogP contribution is -2.25. The van der Waals surface area contributed by atoms with Crippen LogP contribution in [0.5, 0.6) is 5.75 Å². The number of rotatable bonds is 1. The van der Waals surface area contributed by atoms with Crippen LogP contribution < -0.4 is 4.74 Å². The first-order valence-electron chi connectivity index (χ1n) is 8.17. The molecule has 3 heteroatoms. The second-order valence-electron chi connectivity index (χ2n) is 6.27. The maximum Gasteiger partial charge on any atom is 0.308 e. The molecule has 0 aliphatic carbocycles. The fourth-order valence-corrected chi connectivity index (χ4v) is 3.15. The zero-order valence-corrected chi connectivity index (χ0v) is 13.8. The Labute approximate surface area is 137 Å². The molecule has 0 atom stereocenters. The number of carbonyl (C=O) groups excluding carboxylic acids is 1. The summed E-state index contributed by atoms with van der Waals surface area (Å²) in [5.41, 5.74) is 5.41. The molecular formula is C20H23NO2. The third kappa shape index (κ3) is 3.99. The number of fused-ring (bicyclic) bond motifs is 2. The molecule has 1 aliphatic heterocycles. The summed E-state index contributed by atoms with van der Waals surface area (Å²) in [6, 6.07) is 14.7. The third-order valence-corrected chi connectivity index (χ3v) is 4.46. The average molecular weight is 309 g/mol. The molecule has 3 rings (SSSR count). The number of benzene rings is 2. The van der Waals surface area contributed by atoms with Gasteiger partial charge in [-0.15, -0.1) is 0 Å². The molecule has 1 aliphatic rings. The second kappa shape index (κ2) is 6.97. The second-order valence-corrected chi connectivity index (χ2v) is 6.27. The lowest BCUT2D eigenvalue weighted by Gasteiger charge is -2.22. The van der Waals surface area contributed by atoms with Crippen molar-refractivity contribution >= 4 is 5.97 Å². The summed E-state index contributed by atoms with van der Waals surface area (Å²) in [5.74, 6) is 0.372.